The maximum absolute atomic E-state index is 9.09. The van der Waals surface area contributed by atoms with Gasteiger partial charge in [-0.15, -0.1) is 0 Å². The van der Waals surface area contributed by atoms with E-state index in [1.807, 2.05) is 0 Å². The summed E-state index contributed by atoms with van der Waals surface area (Å²) >= 11 is 0. The van der Waals surface area contributed by atoms with Gasteiger partial charge in [-0.05, 0) is 35.1 Å². The lowest BCUT2D eigenvalue weighted by molar-refractivity contribution is 0.639. The molecule has 2 aromatic rings. The van der Waals surface area contributed by atoms with E-state index in [0.29, 0.717) is 5.92 Å². The lowest BCUT2D eigenvalue weighted by Gasteiger charge is -2.36. The lowest BCUT2D eigenvalue weighted by Crippen LogP contribution is -2.37. The second-order valence-electron chi connectivity index (χ2n) is 7.81. The minimum absolute atomic E-state index is 0. The van der Waals surface area contributed by atoms with Gasteiger partial charge in [-0.3, -0.25) is 0 Å². The number of hydrogen-bond donors (Lipinski definition) is 1. The third-order valence-electron chi connectivity index (χ3n) is 6.17. The van der Waals surface area contributed by atoms with Gasteiger partial charge in [0, 0.05) is 19.5 Å². The molecule has 0 saturated heterocycles. The van der Waals surface area contributed by atoms with Crippen LogP contribution < -0.4 is 0 Å². The maximum atomic E-state index is 9.09. The van der Waals surface area contributed by atoms with Crippen LogP contribution in [0.5, 0.6) is 0 Å². The number of hydrogen-bond acceptors (Lipinski definition) is 1. The highest BCUT2D eigenvalue weighted by atomic mass is 14.6. The number of fused-ring (bicyclic) bond motifs is 2. The Kier molecular flexibility index (Phi) is 3.82. The smallest absolute Gasteiger partial charge is 0.0587 e. The van der Waals surface area contributed by atoms with Crippen LogP contribution in [0.25, 0.3) is 0 Å². The summed E-state index contributed by atoms with van der Waals surface area (Å²) in [5.41, 5.74) is 7.22. The van der Waals surface area contributed by atoms with Crippen LogP contribution in [-0.4, -0.2) is 5.71 Å². The molecule has 3 aliphatic rings. The van der Waals surface area contributed by atoms with E-state index in [0.717, 1.165) is 25.0 Å². The number of allylic oxidation sites excluding steroid dienone is 8. The molecular weight excluding hydrogens is 326 g/mol. The van der Waals surface area contributed by atoms with Gasteiger partial charge in [0.25, 0.3) is 0 Å². The van der Waals surface area contributed by atoms with Crippen LogP contribution in [0.1, 0.15) is 24.5 Å². The highest BCUT2D eigenvalue weighted by Crippen LogP contribution is 2.48. The molecule has 2 aromatic carbocycles. The molecule has 0 aromatic heterocycles. The first-order chi connectivity index (χ1) is 13.3. The van der Waals surface area contributed by atoms with Gasteiger partial charge in [0.05, 0.1) is 5.41 Å². The van der Waals surface area contributed by atoms with Gasteiger partial charge in [0.2, 0.25) is 0 Å². The topological polar surface area (TPSA) is 23.9 Å². The first-order valence-corrected chi connectivity index (χ1v) is 9.73. The van der Waals surface area contributed by atoms with Crippen LogP contribution in [0, 0.1) is 11.3 Å². The highest BCUT2D eigenvalue weighted by Gasteiger charge is 2.46. The molecule has 1 nitrogen and oxygen atoms in total. The summed E-state index contributed by atoms with van der Waals surface area (Å²) in [6.07, 6.45) is 16.1. The third-order valence-corrected chi connectivity index (χ3v) is 6.17. The van der Waals surface area contributed by atoms with Gasteiger partial charge in [-0.1, -0.05) is 96.6 Å². The van der Waals surface area contributed by atoms with Crippen molar-refractivity contribution in [1.29, 1.82) is 5.41 Å². The fraction of sp³-hybridized carbons (Fsp3) is 0.192. The molecule has 2 unspecified atom stereocenters. The van der Waals surface area contributed by atoms with Crippen molar-refractivity contribution in [2.45, 2.75) is 24.7 Å². The average molecular weight is 351 g/mol. The molecule has 0 heterocycles. The van der Waals surface area contributed by atoms with Crippen molar-refractivity contribution in [2.24, 2.45) is 5.92 Å². The van der Waals surface area contributed by atoms with E-state index in [2.05, 4.69) is 91.1 Å². The molecule has 0 spiro atoms. The van der Waals surface area contributed by atoms with Crippen molar-refractivity contribution >= 4 is 5.71 Å². The van der Waals surface area contributed by atoms with Gasteiger partial charge in [-0.25, -0.2) is 0 Å². The second-order valence-corrected chi connectivity index (χ2v) is 7.81. The van der Waals surface area contributed by atoms with E-state index in [1.165, 1.54) is 27.8 Å². The average Bonchev–Trinajstić information content (AvgIpc) is 2.86. The molecule has 0 fully saturated rings. The van der Waals surface area contributed by atoms with Gasteiger partial charge in [0.1, 0.15) is 0 Å². The molecule has 134 valence electrons. The fourth-order valence-corrected chi connectivity index (χ4v) is 4.93. The van der Waals surface area contributed by atoms with Gasteiger partial charge in [0.15, 0.2) is 0 Å². The molecular formula is C26H25N. The zero-order valence-corrected chi connectivity index (χ0v) is 15.4. The fourth-order valence-electron chi connectivity index (χ4n) is 4.93. The predicted octanol–water partition coefficient (Wildman–Crippen LogP) is 5.99. The van der Waals surface area contributed by atoms with E-state index < -0.39 is 0 Å². The normalized spacial score (nSPS) is 25.6. The summed E-state index contributed by atoms with van der Waals surface area (Å²) in [5.74, 6) is 0.326. The molecule has 0 amide bonds. The Balaban J connectivity index is 0.00000192. The van der Waals surface area contributed by atoms with Crippen LogP contribution >= 0.6 is 0 Å². The Labute approximate surface area is 162 Å². The molecule has 27 heavy (non-hydrogen) atoms. The van der Waals surface area contributed by atoms with Crippen LogP contribution in [0.2, 0.25) is 0 Å². The van der Waals surface area contributed by atoms with Crippen molar-refractivity contribution < 1.29 is 1.43 Å². The van der Waals surface area contributed by atoms with Crippen molar-refractivity contribution in [3.8, 4) is 0 Å². The Morgan fingerprint density at radius 3 is 2.63 bits per heavy atom. The molecule has 0 aliphatic heterocycles. The minimum atomic E-state index is -0.318. The van der Waals surface area contributed by atoms with Crippen molar-refractivity contribution in [1.82, 2.24) is 0 Å². The van der Waals surface area contributed by atoms with Crippen molar-refractivity contribution in [2.75, 3.05) is 0 Å². The molecule has 1 N–H and O–H groups in total. The van der Waals surface area contributed by atoms with Gasteiger partial charge >= 0.3 is 0 Å². The summed E-state index contributed by atoms with van der Waals surface area (Å²) in [7, 11) is 0. The van der Waals surface area contributed by atoms with Crippen LogP contribution in [0.4, 0.5) is 0 Å². The molecule has 0 radical (unpaired) electrons. The van der Waals surface area contributed by atoms with E-state index in [9.17, 15) is 0 Å². The Hall–Kier alpha value is -2.93. The molecule has 3 aliphatic carbocycles. The molecule has 5 rings (SSSR count). The van der Waals surface area contributed by atoms with Gasteiger partial charge < -0.3 is 5.41 Å². The quantitative estimate of drug-likeness (QED) is 0.657. The van der Waals surface area contributed by atoms with Crippen LogP contribution in [0.3, 0.4) is 0 Å². The Morgan fingerprint density at radius 1 is 0.926 bits per heavy atom. The van der Waals surface area contributed by atoms with Crippen molar-refractivity contribution in [3.05, 3.63) is 119 Å². The van der Waals surface area contributed by atoms with Crippen LogP contribution in [-0.2, 0) is 18.3 Å². The predicted molar refractivity (Wildman–Crippen MR) is 114 cm³/mol. The van der Waals surface area contributed by atoms with E-state index in [-0.39, 0.29) is 6.84 Å². The number of rotatable bonds is 3. The zero-order valence-electron chi connectivity index (χ0n) is 15.4. The van der Waals surface area contributed by atoms with E-state index in [4.69, 9.17) is 5.41 Å². The second kappa shape index (κ2) is 6.35. The Morgan fingerprint density at radius 2 is 1.74 bits per heavy atom. The van der Waals surface area contributed by atoms with Crippen LogP contribution in [0.15, 0.2) is 102 Å². The summed E-state index contributed by atoms with van der Waals surface area (Å²) in [6.45, 7) is 0. The summed E-state index contributed by atoms with van der Waals surface area (Å²) in [5, 5.41) is 9.09. The molecule has 2 bridgehead atoms. The van der Waals surface area contributed by atoms with Gasteiger partial charge in [-0.2, -0.15) is 0 Å². The first kappa shape index (κ1) is 16.3. The van der Waals surface area contributed by atoms with E-state index >= 15 is 0 Å². The largest absolute Gasteiger partial charge is 0.308 e. The SMILES string of the molecule is N=C1Cc2ccccc2C1(Cc1ccccc1)C1=CC2C=CC=CC(=C2)C1.[HH]. The summed E-state index contributed by atoms with van der Waals surface area (Å²) in [6, 6.07) is 19.4. The molecule has 0 saturated carbocycles. The van der Waals surface area contributed by atoms with E-state index in [1.54, 1.807) is 0 Å². The third kappa shape index (κ3) is 2.66. The monoisotopic (exact) mass is 351 g/mol. The maximum Gasteiger partial charge on any atom is 0.0587 e. The summed E-state index contributed by atoms with van der Waals surface area (Å²) in [4.78, 5) is 0. The molecule has 1 heteroatoms. The first-order valence-electron chi connectivity index (χ1n) is 9.73. The lowest BCUT2D eigenvalue weighted by atomic mass is 9.66. The molecule has 2 atom stereocenters. The Bertz CT molecular complexity index is 1030. The van der Waals surface area contributed by atoms with Crippen molar-refractivity contribution in [3.63, 3.8) is 0 Å². The standard InChI is InChI=1S/C26H23N.H2/c27-25-17-22-12-6-7-13-24(22)26(25,18-19-8-2-1-3-9-19)23-15-20-10-4-5-11-21(14-20)16-23;/h1-15,20,27H,16-18H2;1H. The zero-order chi connectivity index (χ0) is 18.3. The minimum Gasteiger partial charge on any atom is -0.308 e. The number of nitrogens with one attached hydrogen (secondary N) is 1. The highest BCUT2D eigenvalue weighted by molar-refractivity contribution is 6.02. The number of benzene rings is 2. The summed E-state index contributed by atoms with van der Waals surface area (Å²) < 4.78 is 0.